The predicted octanol–water partition coefficient (Wildman–Crippen LogP) is 1.38. The molecule has 0 saturated heterocycles. The van der Waals surface area contributed by atoms with Crippen LogP contribution in [0.3, 0.4) is 0 Å². The van der Waals surface area contributed by atoms with E-state index in [1.165, 1.54) is 5.56 Å². The second-order valence-electron chi connectivity index (χ2n) is 4.06. The summed E-state index contributed by atoms with van der Waals surface area (Å²) < 4.78 is 5.09. The minimum absolute atomic E-state index is 0.271. The minimum atomic E-state index is 0.271. The van der Waals surface area contributed by atoms with Gasteiger partial charge >= 0.3 is 0 Å². The molecule has 0 aliphatic carbocycles. The van der Waals surface area contributed by atoms with Crippen molar-refractivity contribution in [2.75, 3.05) is 33.4 Å². The van der Waals surface area contributed by atoms with Gasteiger partial charge in [-0.2, -0.15) is 11.3 Å². The quantitative estimate of drug-likeness (QED) is 0.308. The van der Waals surface area contributed by atoms with Crippen LogP contribution >= 0.6 is 11.3 Å². The number of nitrogens with two attached hydrogens (primary N) is 1. The standard InChI is InChI=1S/C12H21N3O2S/c1-17-8-7-15(6-3-12(13)14-16)5-2-11-4-9-18-10-11/h4,9-10,16H,2-3,5-8H2,1H3,(H2,13,14). The van der Waals surface area contributed by atoms with Crippen LogP contribution in [0.2, 0.25) is 0 Å². The van der Waals surface area contributed by atoms with Crippen molar-refractivity contribution in [2.24, 2.45) is 10.9 Å². The van der Waals surface area contributed by atoms with Crippen LogP contribution in [0.5, 0.6) is 0 Å². The van der Waals surface area contributed by atoms with Crippen LogP contribution in [-0.4, -0.2) is 49.3 Å². The lowest BCUT2D eigenvalue weighted by atomic mass is 10.2. The van der Waals surface area contributed by atoms with Gasteiger partial charge in [-0.15, -0.1) is 0 Å². The van der Waals surface area contributed by atoms with Gasteiger partial charge in [-0.05, 0) is 28.8 Å². The zero-order chi connectivity index (χ0) is 13.2. The van der Waals surface area contributed by atoms with Crippen LogP contribution in [-0.2, 0) is 11.2 Å². The van der Waals surface area contributed by atoms with E-state index >= 15 is 0 Å². The molecular formula is C12H21N3O2S. The number of thiophene rings is 1. The molecule has 1 heterocycles. The Morgan fingerprint density at radius 1 is 1.50 bits per heavy atom. The maximum atomic E-state index is 8.52. The molecule has 0 unspecified atom stereocenters. The van der Waals surface area contributed by atoms with Crippen molar-refractivity contribution in [3.05, 3.63) is 22.4 Å². The maximum absolute atomic E-state index is 8.52. The molecule has 0 saturated carbocycles. The number of hydrogen-bond donors (Lipinski definition) is 2. The fourth-order valence-corrected chi connectivity index (χ4v) is 2.30. The van der Waals surface area contributed by atoms with Crippen molar-refractivity contribution in [2.45, 2.75) is 12.8 Å². The van der Waals surface area contributed by atoms with Crippen molar-refractivity contribution in [1.82, 2.24) is 4.90 Å². The summed E-state index contributed by atoms with van der Waals surface area (Å²) in [6.07, 6.45) is 1.59. The monoisotopic (exact) mass is 271 g/mol. The molecule has 0 atom stereocenters. The zero-order valence-corrected chi connectivity index (χ0v) is 11.5. The highest BCUT2D eigenvalue weighted by Gasteiger charge is 2.06. The van der Waals surface area contributed by atoms with Gasteiger partial charge in [0, 0.05) is 33.2 Å². The first-order chi connectivity index (χ1) is 8.76. The molecule has 0 spiro atoms. The van der Waals surface area contributed by atoms with Gasteiger partial charge in [-0.3, -0.25) is 0 Å². The van der Waals surface area contributed by atoms with Crippen LogP contribution in [0.25, 0.3) is 0 Å². The second-order valence-corrected chi connectivity index (χ2v) is 4.84. The van der Waals surface area contributed by atoms with E-state index in [0.717, 1.165) is 26.1 Å². The first-order valence-corrected chi connectivity index (χ1v) is 6.89. The van der Waals surface area contributed by atoms with E-state index in [9.17, 15) is 0 Å². The largest absolute Gasteiger partial charge is 0.409 e. The van der Waals surface area contributed by atoms with E-state index in [0.29, 0.717) is 13.0 Å². The Bertz CT molecular complexity index is 341. The van der Waals surface area contributed by atoms with Gasteiger partial charge in [-0.25, -0.2) is 0 Å². The summed E-state index contributed by atoms with van der Waals surface area (Å²) in [4.78, 5) is 2.26. The Hall–Kier alpha value is -1.11. The highest BCUT2D eigenvalue weighted by atomic mass is 32.1. The zero-order valence-electron chi connectivity index (χ0n) is 10.7. The summed E-state index contributed by atoms with van der Waals surface area (Å²) in [6, 6.07) is 2.14. The molecule has 18 heavy (non-hydrogen) atoms. The number of nitrogens with zero attached hydrogens (tertiary/aromatic N) is 2. The van der Waals surface area contributed by atoms with Crippen molar-refractivity contribution >= 4 is 17.2 Å². The number of hydrogen-bond acceptors (Lipinski definition) is 5. The molecule has 1 aromatic rings. The molecule has 0 aliphatic rings. The smallest absolute Gasteiger partial charge is 0.140 e. The molecule has 5 nitrogen and oxygen atoms in total. The van der Waals surface area contributed by atoms with Crippen LogP contribution in [0.15, 0.2) is 22.0 Å². The number of amidine groups is 1. The average molecular weight is 271 g/mol. The van der Waals surface area contributed by atoms with Gasteiger partial charge in [0.1, 0.15) is 5.84 Å². The third-order valence-electron chi connectivity index (χ3n) is 2.72. The molecule has 0 amide bonds. The summed E-state index contributed by atoms with van der Waals surface area (Å²) in [5, 5.41) is 15.8. The molecule has 0 bridgehead atoms. The minimum Gasteiger partial charge on any atom is -0.409 e. The van der Waals surface area contributed by atoms with Gasteiger partial charge < -0.3 is 20.6 Å². The summed E-state index contributed by atoms with van der Waals surface area (Å²) in [6.45, 7) is 3.29. The van der Waals surface area contributed by atoms with E-state index in [2.05, 4.69) is 26.9 Å². The number of ether oxygens (including phenoxy) is 1. The lowest BCUT2D eigenvalue weighted by Gasteiger charge is -2.21. The normalized spacial score (nSPS) is 12.2. The Labute approximate surface area is 112 Å². The third kappa shape index (κ3) is 6.00. The van der Waals surface area contributed by atoms with E-state index in [1.54, 1.807) is 18.4 Å². The Kier molecular flexibility index (Phi) is 7.40. The number of methoxy groups -OCH3 is 1. The Morgan fingerprint density at radius 3 is 2.94 bits per heavy atom. The number of oxime groups is 1. The first kappa shape index (κ1) is 14.9. The molecule has 0 aromatic carbocycles. The van der Waals surface area contributed by atoms with Crippen LogP contribution < -0.4 is 5.73 Å². The molecule has 3 N–H and O–H groups in total. The highest BCUT2D eigenvalue weighted by Crippen LogP contribution is 2.07. The summed E-state index contributed by atoms with van der Waals surface area (Å²) in [7, 11) is 1.70. The van der Waals surface area contributed by atoms with E-state index < -0.39 is 0 Å². The lowest BCUT2D eigenvalue weighted by Crippen LogP contribution is -2.32. The van der Waals surface area contributed by atoms with Crippen molar-refractivity contribution in [1.29, 1.82) is 0 Å². The number of rotatable bonds is 9. The van der Waals surface area contributed by atoms with Gasteiger partial charge in [-0.1, -0.05) is 5.16 Å². The Morgan fingerprint density at radius 2 is 2.33 bits per heavy atom. The van der Waals surface area contributed by atoms with Crippen LogP contribution in [0.4, 0.5) is 0 Å². The van der Waals surface area contributed by atoms with Crippen molar-refractivity contribution in [3.8, 4) is 0 Å². The van der Waals surface area contributed by atoms with E-state index in [4.69, 9.17) is 15.7 Å². The maximum Gasteiger partial charge on any atom is 0.140 e. The third-order valence-corrected chi connectivity index (χ3v) is 3.45. The fourth-order valence-electron chi connectivity index (χ4n) is 1.60. The molecule has 102 valence electrons. The van der Waals surface area contributed by atoms with Gasteiger partial charge in [0.15, 0.2) is 0 Å². The molecule has 0 aliphatic heterocycles. The molecule has 0 radical (unpaired) electrons. The molecule has 1 aromatic heterocycles. The Balaban J connectivity index is 2.34. The topological polar surface area (TPSA) is 71.1 Å². The lowest BCUT2D eigenvalue weighted by molar-refractivity contribution is 0.150. The SMILES string of the molecule is COCCN(CCC(N)=NO)CCc1ccsc1. The molecule has 1 rings (SSSR count). The summed E-state index contributed by atoms with van der Waals surface area (Å²) >= 11 is 1.72. The summed E-state index contributed by atoms with van der Waals surface area (Å²) in [5.41, 5.74) is 6.84. The van der Waals surface area contributed by atoms with E-state index in [1.807, 2.05) is 0 Å². The molecule has 6 heteroatoms. The predicted molar refractivity (Wildman–Crippen MR) is 74.4 cm³/mol. The van der Waals surface area contributed by atoms with Crippen LogP contribution in [0, 0.1) is 0 Å². The van der Waals surface area contributed by atoms with E-state index in [-0.39, 0.29) is 5.84 Å². The molecular weight excluding hydrogens is 250 g/mol. The van der Waals surface area contributed by atoms with Crippen molar-refractivity contribution in [3.63, 3.8) is 0 Å². The van der Waals surface area contributed by atoms with Crippen molar-refractivity contribution < 1.29 is 9.94 Å². The second kappa shape index (κ2) is 8.91. The first-order valence-electron chi connectivity index (χ1n) is 5.95. The average Bonchev–Trinajstić information content (AvgIpc) is 2.90. The highest BCUT2D eigenvalue weighted by molar-refractivity contribution is 7.07. The summed E-state index contributed by atoms with van der Waals surface area (Å²) in [5.74, 6) is 0.271. The van der Waals surface area contributed by atoms with Gasteiger partial charge in [0.2, 0.25) is 0 Å². The fraction of sp³-hybridized carbons (Fsp3) is 0.583. The molecule has 0 fully saturated rings. The van der Waals surface area contributed by atoms with Crippen LogP contribution in [0.1, 0.15) is 12.0 Å². The van der Waals surface area contributed by atoms with Gasteiger partial charge in [0.05, 0.1) is 6.61 Å². The van der Waals surface area contributed by atoms with Gasteiger partial charge in [0.25, 0.3) is 0 Å².